The molecule has 3 unspecified atom stereocenters. The number of fused-ring (bicyclic) bond motifs is 2. The van der Waals surface area contributed by atoms with Crippen LogP contribution in [0.25, 0.3) is 0 Å². The van der Waals surface area contributed by atoms with E-state index in [4.69, 9.17) is 34.4 Å². The van der Waals surface area contributed by atoms with Gasteiger partial charge in [-0.3, -0.25) is 43.5 Å². The first-order chi connectivity index (χ1) is 40.8. The highest BCUT2D eigenvalue weighted by atomic mass is 32.2. The number of carbonyl (C=O) groups excluding carboxylic acids is 8. The zero-order chi connectivity index (χ0) is 62.1. The van der Waals surface area contributed by atoms with Gasteiger partial charge in [0.25, 0.3) is 0 Å². The summed E-state index contributed by atoms with van der Waals surface area (Å²) in [5, 5.41) is 33.4. The number of nitrogens with zero attached hydrogens (tertiary/aromatic N) is 3. The van der Waals surface area contributed by atoms with Gasteiger partial charge in [-0.2, -0.15) is 24.4 Å². The summed E-state index contributed by atoms with van der Waals surface area (Å²) < 4.78 is 0. The van der Waals surface area contributed by atoms with Gasteiger partial charge in [-0.05, 0) is 115 Å². The molecule has 0 bridgehead atoms. The minimum absolute atomic E-state index is 0.00435. The molecule has 3 saturated heterocycles. The number of hydrogen-bond donors (Lipinski definition) is 16. The van der Waals surface area contributed by atoms with Crippen molar-refractivity contribution in [3.8, 4) is 0 Å². The summed E-state index contributed by atoms with van der Waals surface area (Å²) in [6.07, 6.45) is 16.7. The van der Waals surface area contributed by atoms with Gasteiger partial charge < -0.3 is 86.9 Å². The van der Waals surface area contributed by atoms with E-state index in [2.05, 4.69) is 65.1 Å². The molecule has 21 N–H and O–H groups in total. The number of thiol groups is 1. The number of aliphatic carboxylic acids is 1. The molecule has 1 saturated carbocycles. The number of carboxylic acids is 1. The molecule has 0 spiro atoms. The summed E-state index contributed by atoms with van der Waals surface area (Å²) in [5.41, 5.74) is 33.7. The minimum atomic E-state index is -1.26. The van der Waals surface area contributed by atoms with E-state index in [0.29, 0.717) is 69.7 Å². The lowest BCUT2D eigenvalue weighted by Crippen LogP contribution is -2.59. The molecule has 1 aliphatic carbocycles. The first-order valence-corrected chi connectivity index (χ1v) is 32.7. The van der Waals surface area contributed by atoms with Crippen LogP contribution < -0.4 is 76.9 Å². The molecular weight excluding hydrogens is 1130 g/mol. The Hall–Kier alpha value is -5.81. The number of nitrogens with two attached hydrogens (primary N) is 6. The topological polar surface area (TPSA) is 454 Å². The number of guanidine groups is 2. The van der Waals surface area contributed by atoms with Gasteiger partial charge >= 0.3 is 12.0 Å². The van der Waals surface area contributed by atoms with E-state index in [1.807, 2.05) is 11.8 Å². The number of nitrogens with one attached hydrogen (secondary N) is 8. The second-order valence-corrected chi connectivity index (χ2v) is 24.6. The Kier molecular flexibility index (Phi) is 33.6. The number of carbonyl (C=O) groups is 9. The quantitative estimate of drug-likeness (QED) is 0.0125. The van der Waals surface area contributed by atoms with Gasteiger partial charge in [0.15, 0.2) is 11.9 Å². The van der Waals surface area contributed by atoms with Crippen LogP contribution in [0.15, 0.2) is 9.98 Å². The molecule has 0 aromatic rings. The van der Waals surface area contributed by atoms with E-state index in [0.717, 1.165) is 89.2 Å². The van der Waals surface area contributed by atoms with Crippen molar-refractivity contribution in [3.63, 3.8) is 0 Å². The SMILES string of the molecule is NCC[C@H](NC(=O)C(CCCCNC(=O)[C@H](CCCCN=C(N)N)NC(=O)[C@@H](N)CS)NC(=O)CCCCCCCCCCNC(=O)CCCC[C@@H]1SC[C@@H]2NC(=O)N[C@@H]21)C(=O)N1C2CCCCC2C[C@H]1C(=O)N[C@@H](CCCN=C(N)N)C(=O)O. The van der Waals surface area contributed by atoms with Gasteiger partial charge in [-0.1, -0.05) is 57.8 Å². The van der Waals surface area contributed by atoms with E-state index in [1.54, 1.807) is 0 Å². The van der Waals surface area contributed by atoms with E-state index < -0.39 is 71.8 Å². The fourth-order valence-corrected chi connectivity index (χ4v) is 13.3. The Morgan fingerprint density at radius 3 is 1.92 bits per heavy atom. The smallest absolute Gasteiger partial charge is 0.326 e. The van der Waals surface area contributed by atoms with Crippen LogP contribution >= 0.6 is 24.4 Å². The summed E-state index contributed by atoms with van der Waals surface area (Å²) in [4.78, 5) is 129. The van der Waals surface area contributed by atoms with Gasteiger partial charge in [-0.15, -0.1) is 0 Å². The third kappa shape index (κ3) is 26.4. The Morgan fingerprint density at radius 2 is 1.24 bits per heavy atom. The molecule has 85 heavy (non-hydrogen) atoms. The highest BCUT2D eigenvalue weighted by Crippen LogP contribution is 2.40. The zero-order valence-corrected chi connectivity index (χ0v) is 51.4. The van der Waals surface area contributed by atoms with Gasteiger partial charge in [0, 0.05) is 61.8 Å². The molecule has 29 heteroatoms. The first-order valence-electron chi connectivity index (χ1n) is 31.0. The zero-order valence-electron chi connectivity index (χ0n) is 49.7. The van der Waals surface area contributed by atoms with Crippen molar-refractivity contribution < 1.29 is 48.3 Å². The molecule has 9 amide bonds. The molecule has 0 aromatic heterocycles. The molecule has 4 rings (SSSR count). The lowest BCUT2D eigenvalue weighted by molar-refractivity contribution is -0.146. The summed E-state index contributed by atoms with van der Waals surface area (Å²) in [6.45, 7) is 1.34. The standard InChI is InChI=1S/C56H101N17O10S2/c57-27-26-39(52(80)73-42-22-9-8-18-35(42)32-43(73)51(79)70-40(53(81)82)21-17-31-66-55(61)62)69-50(78)38(20-12-15-29-64-49(77)37(68-48(76)36(58)33-84)19-13-16-30-65-54(59)60)67-46(75)25-7-5-3-1-2-4-6-14-28-63-45(74)24-11-10-23-44-47-41(34-85-44)71-56(83)72-47/h35-44,47,84H,1-34,57-58H2,(H,63,74)(H,64,77)(H,67,75)(H,68,76)(H,69,78)(H,70,79)(H,81,82)(H4,59,60,65)(H4,61,62,66)(H2,71,72,83)/t35?,36-,37-,38?,39-,40-,41-,42?,43-,44-,47-/m0/s1. The summed E-state index contributed by atoms with van der Waals surface area (Å²) >= 11 is 5.99. The van der Waals surface area contributed by atoms with Crippen molar-refractivity contribution in [2.24, 2.45) is 50.3 Å². The van der Waals surface area contributed by atoms with Crippen LogP contribution in [0, 0.1) is 5.92 Å². The van der Waals surface area contributed by atoms with Crippen LogP contribution in [0.3, 0.4) is 0 Å². The van der Waals surface area contributed by atoms with Crippen LogP contribution in [0.5, 0.6) is 0 Å². The number of likely N-dealkylation sites (tertiary alicyclic amines) is 1. The Morgan fingerprint density at radius 1 is 0.647 bits per heavy atom. The Labute approximate surface area is 510 Å². The van der Waals surface area contributed by atoms with Crippen molar-refractivity contribution >= 4 is 89.7 Å². The highest BCUT2D eigenvalue weighted by molar-refractivity contribution is 8.00. The van der Waals surface area contributed by atoms with Crippen LogP contribution in [0.1, 0.15) is 173 Å². The number of carboxylic acid groups (broad SMARTS) is 1. The molecule has 11 atom stereocenters. The van der Waals surface area contributed by atoms with Crippen LogP contribution in [-0.2, 0) is 38.4 Å². The fourth-order valence-electron chi connectivity index (χ4n) is 11.6. The molecule has 3 aliphatic heterocycles. The number of amides is 9. The lowest BCUT2D eigenvalue weighted by Gasteiger charge is -2.36. The van der Waals surface area contributed by atoms with Gasteiger partial charge in [0.1, 0.15) is 30.2 Å². The average molecular weight is 1240 g/mol. The number of thioether (sulfide) groups is 1. The minimum Gasteiger partial charge on any atom is -0.480 e. The Bertz CT molecular complexity index is 2210. The summed E-state index contributed by atoms with van der Waals surface area (Å²) in [7, 11) is 0. The second-order valence-electron chi connectivity index (χ2n) is 23.0. The molecule has 3 heterocycles. The van der Waals surface area contributed by atoms with Crippen LogP contribution in [-0.4, -0.2) is 179 Å². The van der Waals surface area contributed by atoms with Crippen molar-refractivity contribution in [2.45, 2.75) is 233 Å². The average Bonchev–Trinajstić information content (AvgIpc) is 2.29. The molecular formula is C56H101N17O10S2. The van der Waals surface area contributed by atoms with Crippen molar-refractivity contribution in [3.05, 3.63) is 0 Å². The molecule has 482 valence electrons. The predicted octanol–water partition coefficient (Wildman–Crippen LogP) is -0.0875. The van der Waals surface area contributed by atoms with Crippen LogP contribution in [0.4, 0.5) is 4.79 Å². The van der Waals surface area contributed by atoms with E-state index in [1.165, 1.54) is 4.90 Å². The lowest BCUT2D eigenvalue weighted by atomic mass is 9.84. The Balaban J connectivity index is 1.30. The van der Waals surface area contributed by atoms with E-state index in [9.17, 15) is 48.3 Å². The molecule has 0 radical (unpaired) electrons. The molecule has 27 nitrogen and oxygen atoms in total. The molecule has 0 aromatic carbocycles. The van der Waals surface area contributed by atoms with Crippen LogP contribution in [0.2, 0.25) is 0 Å². The largest absolute Gasteiger partial charge is 0.480 e. The number of unbranched alkanes of at least 4 members (excludes halogenated alkanes) is 10. The monoisotopic (exact) mass is 1240 g/mol. The van der Waals surface area contributed by atoms with Crippen molar-refractivity contribution in [1.29, 1.82) is 0 Å². The maximum absolute atomic E-state index is 14.8. The molecule has 4 aliphatic rings. The third-order valence-corrected chi connectivity index (χ3v) is 18.1. The predicted molar refractivity (Wildman–Crippen MR) is 332 cm³/mol. The number of rotatable bonds is 43. The van der Waals surface area contributed by atoms with E-state index >= 15 is 0 Å². The van der Waals surface area contributed by atoms with E-state index in [-0.39, 0.29) is 118 Å². The summed E-state index contributed by atoms with van der Waals surface area (Å²) in [5.74, 6) is -3.43. The number of hydrogen-bond acceptors (Lipinski definition) is 15. The van der Waals surface area contributed by atoms with Gasteiger partial charge in [-0.25, -0.2) is 9.59 Å². The van der Waals surface area contributed by atoms with Crippen molar-refractivity contribution in [2.75, 3.05) is 44.2 Å². The maximum Gasteiger partial charge on any atom is 0.326 e. The fraction of sp³-hybridized carbons (Fsp3) is 0.804. The van der Waals surface area contributed by atoms with Crippen molar-refractivity contribution in [1.82, 2.24) is 47.4 Å². The third-order valence-electron chi connectivity index (χ3n) is 16.2. The van der Waals surface area contributed by atoms with Gasteiger partial charge in [0.2, 0.25) is 41.4 Å². The number of aliphatic imine (C=N–C) groups is 2. The summed E-state index contributed by atoms with van der Waals surface area (Å²) in [6, 6.07) is -6.36. The first kappa shape index (κ1) is 71.7. The maximum atomic E-state index is 14.8. The number of urea groups is 1. The van der Waals surface area contributed by atoms with Gasteiger partial charge in [0.05, 0.1) is 18.1 Å². The normalized spacial score (nSPS) is 21.3. The highest BCUT2D eigenvalue weighted by Gasteiger charge is 2.49. The second kappa shape index (κ2) is 39.8. The molecule has 4 fully saturated rings.